The molecule has 0 spiro atoms. The van der Waals surface area contributed by atoms with Crippen molar-refractivity contribution in [2.75, 3.05) is 11.9 Å². The van der Waals surface area contributed by atoms with Gasteiger partial charge >= 0.3 is 6.09 Å². The highest BCUT2D eigenvalue weighted by molar-refractivity contribution is 5.72. The minimum atomic E-state index is -0.673. The molecule has 174 valence electrons. The number of anilines is 2. The second-order valence-corrected chi connectivity index (χ2v) is 8.03. The number of aliphatic hydroxyl groups excluding tert-OH is 1. The number of aryl methyl sites for hydroxylation is 2. The van der Waals surface area contributed by atoms with Crippen molar-refractivity contribution in [3.05, 3.63) is 89.2 Å². The first-order valence-corrected chi connectivity index (χ1v) is 10.9. The van der Waals surface area contributed by atoms with E-state index in [1.54, 1.807) is 18.5 Å². The van der Waals surface area contributed by atoms with Crippen LogP contribution in [-0.4, -0.2) is 32.8 Å². The van der Waals surface area contributed by atoms with Crippen molar-refractivity contribution in [3.8, 4) is 17.1 Å². The van der Waals surface area contributed by atoms with Gasteiger partial charge in [-0.2, -0.15) is 0 Å². The maximum absolute atomic E-state index is 12.4. The number of rotatable bonds is 7. The SMILES string of the molecule is Cc1cnc(Nc2cccc(C)c2C)nc1-c1c[nH]c(OC(=O)NC(CO)c2ccccc2)c1. The molecule has 2 aromatic carbocycles. The van der Waals surface area contributed by atoms with E-state index in [0.717, 1.165) is 27.9 Å². The smallest absolute Gasteiger partial charge is 0.394 e. The fourth-order valence-corrected chi connectivity index (χ4v) is 3.56. The first kappa shape index (κ1) is 23.0. The number of benzene rings is 2. The molecule has 4 rings (SSSR count). The third-order valence-corrected chi connectivity index (χ3v) is 5.63. The van der Waals surface area contributed by atoms with Gasteiger partial charge in [0.25, 0.3) is 0 Å². The van der Waals surface area contributed by atoms with Crippen LogP contribution in [0, 0.1) is 20.8 Å². The second-order valence-electron chi connectivity index (χ2n) is 8.03. The quantitative estimate of drug-likeness (QED) is 0.312. The van der Waals surface area contributed by atoms with Gasteiger partial charge in [0.1, 0.15) is 0 Å². The maximum Gasteiger partial charge on any atom is 0.414 e. The normalized spacial score (nSPS) is 11.6. The number of carbonyl (C=O) groups is 1. The van der Waals surface area contributed by atoms with E-state index >= 15 is 0 Å². The Kier molecular flexibility index (Phi) is 6.89. The van der Waals surface area contributed by atoms with Gasteiger partial charge in [-0.15, -0.1) is 0 Å². The third kappa shape index (κ3) is 5.24. The number of nitrogens with one attached hydrogen (secondary N) is 3. The van der Waals surface area contributed by atoms with Crippen LogP contribution in [-0.2, 0) is 0 Å². The van der Waals surface area contributed by atoms with Gasteiger partial charge < -0.3 is 25.5 Å². The van der Waals surface area contributed by atoms with Gasteiger partial charge in [0.2, 0.25) is 11.8 Å². The minimum absolute atomic E-state index is 0.245. The molecule has 8 nitrogen and oxygen atoms in total. The van der Waals surface area contributed by atoms with Crippen molar-refractivity contribution in [2.24, 2.45) is 0 Å². The number of nitrogens with zero attached hydrogens (tertiary/aromatic N) is 2. The number of carbonyl (C=O) groups excluding carboxylic acids is 1. The van der Waals surface area contributed by atoms with Crippen LogP contribution in [0.1, 0.15) is 28.3 Å². The molecule has 1 unspecified atom stereocenters. The zero-order valence-electron chi connectivity index (χ0n) is 19.3. The number of hydrogen-bond acceptors (Lipinski definition) is 6. The number of amides is 1. The molecule has 2 heterocycles. The molecule has 4 aromatic rings. The van der Waals surface area contributed by atoms with E-state index in [-0.39, 0.29) is 12.5 Å². The lowest BCUT2D eigenvalue weighted by Crippen LogP contribution is -2.33. The molecule has 1 amide bonds. The summed E-state index contributed by atoms with van der Waals surface area (Å²) < 4.78 is 5.39. The van der Waals surface area contributed by atoms with Crippen LogP contribution in [0.2, 0.25) is 0 Å². The zero-order valence-corrected chi connectivity index (χ0v) is 19.3. The number of hydrogen-bond donors (Lipinski definition) is 4. The predicted octanol–water partition coefficient (Wildman–Crippen LogP) is 4.96. The molecule has 34 heavy (non-hydrogen) atoms. The fraction of sp³-hybridized carbons (Fsp3) is 0.192. The molecule has 0 aliphatic rings. The molecular formula is C26H27N5O3. The first-order chi connectivity index (χ1) is 16.4. The van der Waals surface area contributed by atoms with Crippen molar-refractivity contribution in [1.29, 1.82) is 0 Å². The van der Waals surface area contributed by atoms with E-state index < -0.39 is 12.1 Å². The standard InChI is InChI=1S/C26H27N5O3/c1-16-8-7-11-21(18(16)3)29-25-28-13-17(2)24(31-25)20-12-23(27-14-20)34-26(33)30-22(15-32)19-9-5-4-6-10-19/h4-14,22,27,32H,15H2,1-3H3,(H,30,33)(H,28,29,31). The van der Waals surface area contributed by atoms with Crippen LogP contribution in [0.5, 0.6) is 5.88 Å². The Balaban J connectivity index is 1.47. The molecule has 0 fully saturated rings. The highest BCUT2D eigenvalue weighted by Crippen LogP contribution is 2.27. The third-order valence-electron chi connectivity index (χ3n) is 5.63. The molecule has 8 heteroatoms. The molecule has 0 saturated heterocycles. The maximum atomic E-state index is 12.4. The molecule has 0 radical (unpaired) electrons. The monoisotopic (exact) mass is 457 g/mol. The summed E-state index contributed by atoms with van der Waals surface area (Å²) in [6, 6.07) is 16.4. The van der Waals surface area contributed by atoms with E-state index in [9.17, 15) is 9.90 Å². The van der Waals surface area contributed by atoms with Gasteiger partial charge in [-0.25, -0.2) is 14.8 Å². The summed E-state index contributed by atoms with van der Waals surface area (Å²) in [7, 11) is 0. The number of aromatic amines is 1. The van der Waals surface area contributed by atoms with Crippen LogP contribution in [0.4, 0.5) is 16.4 Å². The topological polar surface area (TPSA) is 112 Å². The Labute approximate surface area is 198 Å². The highest BCUT2D eigenvalue weighted by Gasteiger charge is 2.16. The zero-order chi connectivity index (χ0) is 24.1. The number of H-pyrrole nitrogens is 1. The van der Waals surface area contributed by atoms with Gasteiger partial charge in [0.15, 0.2) is 0 Å². The molecule has 0 aliphatic heterocycles. The number of aliphatic hydroxyl groups is 1. The Morgan fingerprint density at radius 2 is 1.88 bits per heavy atom. The summed E-state index contributed by atoms with van der Waals surface area (Å²) >= 11 is 0. The van der Waals surface area contributed by atoms with Crippen LogP contribution in [0.15, 0.2) is 67.0 Å². The van der Waals surface area contributed by atoms with E-state index in [1.165, 1.54) is 5.56 Å². The van der Waals surface area contributed by atoms with Gasteiger partial charge in [0.05, 0.1) is 18.3 Å². The van der Waals surface area contributed by atoms with Crippen molar-refractivity contribution >= 4 is 17.7 Å². The van der Waals surface area contributed by atoms with Crippen LogP contribution in [0.25, 0.3) is 11.3 Å². The molecule has 0 saturated carbocycles. The van der Waals surface area contributed by atoms with Crippen molar-refractivity contribution < 1.29 is 14.6 Å². The lowest BCUT2D eigenvalue weighted by molar-refractivity contribution is 0.182. The largest absolute Gasteiger partial charge is 0.414 e. The van der Waals surface area contributed by atoms with E-state index in [1.807, 2.05) is 56.3 Å². The van der Waals surface area contributed by atoms with Crippen molar-refractivity contribution in [2.45, 2.75) is 26.8 Å². The Bertz CT molecular complexity index is 1290. The summed E-state index contributed by atoms with van der Waals surface area (Å²) in [6.07, 6.45) is 2.80. The lowest BCUT2D eigenvalue weighted by Gasteiger charge is -2.15. The van der Waals surface area contributed by atoms with E-state index in [0.29, 0.717) is 11.6 Å². The van der Waals surface area contributed by atoms with E-state index in [4.69, 9.17) is 4.74 Å². The Hall–Kier alpha value is -4.17. The average Bonchev–Trinajstić information content (AvgIpc) is 3.30. The van der Waals surface area contributed by atoms with Crippen molar-refractivity contribution in [3.63, 3.8) is 0 Å². The van der Waals surface area contributed by atoms with Crippen LogP contribution in [0.3, 0.4) is 0 Å². The molecular weight excluding hydrogens is 430 g/mol. The summed E-state index contributed by atoms with van der Waals surface area (Å²) in [6.45, 7) is 5.78. The predicted molar refractivity (Wildman–Crippen MR) is 131 cm³/mol. The summed E-state index contributed by atoms with van der Waals surface area (Å²) in [5, 5.41) is 15.6. The van der Waals surface area contributed by atoms with Crippen LogP contribution >= 0.6 is 0 Å². The highest BCUT2D eigenvalue weighted by atomic mass is 16.6. The number of ether oxygens (including phenoxy) is 1. The summed E-state index contributed by atoms with van der Waals surface area (Å²) in [4.78, 5) is 24.4. The molecule has 1 atom stereocenters. The Morgan fingerprint density at radius 3 is 2.65 bits per heavy atom. The fourth-order valence-electron chi connectivity index (χ4n) is 3.56. The Morgan fingerprint density at radius 1 is 1.09 bits per heavy atom. The molecule has 2 aromatic heterocycles. The van der Waals surface area contributed by atoms with Crippen molar-refractivity contribution in [1.82, 2.24) is 20.3 Å². The second kappa shape index (κ2) is 10.2. The summed E-state index contributed by atoms with van der Waals surface area (Å²) in [5.41, 5.74) is 6.40. The lowest BCUT2D eigenvalue weighted by atomic mass is 10.1. The van der Waals surface area contributed by atoms with Gasteiger partial charge in [-0.05, 0) is 49.1 Å². The van der Waals surface area contributed by atoms with Crippen LogP contribution < -0.4 is 15.4 Å². The van der Waals surface area contributed by atoms with Gasteiger partial charge in [-0.3, -0.25) is 0 Å². The van der Waals surface area contributed by atoms with E-state index in [2.05, 4.69) is 38.6 Å². The number of aromatic nitrogens is 3. The molecule has 0 bridgehead atoms. The first-order valence-electron chi connectivity index (χ1n) is 10.9. The van der Waals surface area contributed by atoms with Gasteiger partial charge in [0, 0.05) is 29.7 Å². The molecule has 4 N–H and O–H groups in total. The summed E-state index contributed by atoms with van der Waals surface area (Å²) in [5.74, 6) is 0.740. The molecule has 0 aliphatic carbocycles. The minimum Gasteiger partial charge on any atom is -0.394 e. The van der Waals surface area contributed by atoms with Gasteiger partial charge in [-0.1, -0.05) is 42.5 Å². The average molecular weight is 458 g/mol.